The van der Waals surface area contributed by atoms with E-state index in [9.17, 15) is 4.79 Å². The third-order valence-electron chi connectivity index (χ3n) is 3.42. The van der Waals surface area contributed by atoms with Crippen molar-refractivity contribution in [2.24, 2.45) is 0 Å². The third-order valence-corrected chi connectivity index (χ3v) is 3.42. The Hall–Kier alpha value is -2.75. The highest BCUT2D eigenvalue weighted by atomic mass is 16.5. The molecule has 0 bridgehead atoms. The van der Waals surface area contributed by atoms with Crippen LogP contribution >= 0.6 is 0 Å². The number of hydrogen-bond donors (Lipinski definition) is 0. The average molecular weight is 326 g/mol. The van der Waals surface area contributed by atoms with E-state index >= 15 is 0 Å². The summed E-state index contributed by atoms with van der Waals surface area (Å²) in [6, 6.07) is 12.7. The SMILES string of the molecule is CCCOc1ccc(/C=C/C(=O)c2cc(OC)cc(OC)c2)cc1. The molecule has 2 aromatic carbocycles. The predicted molar refractivity (Wildman–Crippen MR) is 95.1 cm³/mol. The van der Waals surface area contributed by atoms with Gasteiger partial charge < -0.3 is 14.2 Å². The molecule has 0 radical (unpaired) electrons. The Morgan fingerprint density at radius 2 is 1.58 bits per heavy atom. The highest BCUT2D eigenvalue weighted by Crippen LogP contribution is 2.23. The van der Waals surface area contributed by atoms with Crippen molar-refractivity contribution in [2.45, 2.75) is 13.3 Å². The molecule has 2 rings (SSSR count). The number of ketones is 1. The summed E-state index contributed by atoms with van der Waals surface area (Å²) in [7, 11) is 3.11. The van der Waals surface area contributed by atoms with E-state index in [0.29, 0.717) is 23.7 Å². The van der Waals surface area contributed by atoms with Crippen LogP contribution in [-0.2, 0) is 0 Å². The lowest BCUT2D eigenvalue weighted by molar-refractivity contribution is 0.104. The molecule has 0 spiro atoms. The Balaban J connectivity index is 2.09. The first kappa shape index (κ1) is 17.6. The molecule has 0 saturated heterocycles. The summed E-state index contributed by atoms with van der Waals surface area (Å²) in [5.74, 6) is 1.89. The second kappa shape index (κ2) is 8.77. The van der Waals surface area contributed by atoms with E-state index in [-0.39, 0.29) is 5.78 Å². The van der Waals surface area contributed by atoms with Gasteiger partial charge in [0.25, 0.3) is 0 Å². The second-order valence-corrected chi connectivity index (χ2v) is 5.22. The number of rotatable bonds is 8. The first-order chi connectivity index (χ1) is 11.7. The molecule has 126 valence electrons. The molecule has 4 heteroatoms. The van der Waals surface area contributed by atoms with Gasteiger partial charge in [0.05, 0.1) is 20.8 Å². The number of hydrogen-bond acceptors (Lipinski definition) is 4. The molecule has 0 aromatic heterocycles. The van der Waals surface area contributed by atoms with Crippen molar-refractivity contribution in [2.75, 3.05) is 20.8 Å². The summed E-state index contributed by atoms with van der Waals surface area (Å²) in [5, 5.41) is 0. The van der Waals surface area contributed by atoms with Crippen LogP contribution in [0.1, 0.15) is 29.3 Å². The fourth-order valence-corrected chi connectivity index (χ4v) is 2.11. The Morgan fingerprint density at radius 3 is 2.12 bits per heavy atom. The van der Waals surface area contributed by atoms with Crippen molar-refractivity contribution in [1.29, 1.82) is 0 Å². The zero-order valence-electron chi connectivity index (χ0n) is 14.2. The van der Waals surface area contributed by atoms with Crippen molar-refractivity contribution in [3.63, 3.8) is 0 Å². The fraction of sp³-hybridized carbons (Fsp3) is 0.250. The van der Waals surface area contributed by atoms with Gasteiger partial charge in [-0.25, -0.2) is 0 Å². The number of carbonyl (C=O) groups is 1. The van der Waals surface area contributed by atoms with Crippen LogP contribution in [0, 0.1) is 0 Å². The van der Waals surface area contributed by atoms with Crippen molar-refractivity contribution >= 4 is 11.9 Å². The Kier molecular flexibility index (Phi) is 6.43. The molecule has 4 nitrogen and oxygen atoms in total. The molecule has 0 saturated carbocycles. The Labute approximate surface area is 142 Å². The predicted octanol–water partition coefficient (Wildman–Crippen LogP) is 4.39. The normalized spacial score (nSPS) is 10.6. The maximum absolute atomic E-state index is 12.3. The van der Waals surface area contributed by atoms with Crippen LogP contribution < -0.4 is 14.2 Å². The van der Waals surface area contributed by atoms with Crippen molar-refractivity contribution in [3.05, 3.63) is 59.7 Å². The molecule has 0 aliphatic heterocycles. The molecule has 0 fully saturated rings. The van der Waals surface area contributed by atoms with E-state index in [0.717, 1.165) is 17.7 Å². The van der Waals surface area contributed by atoms with E-state index in [1.807, 2.05) is 24.3 Å². The Morgan fingerprint density at radius 1 is 0.958 bits per heavy atom. The maximum Gasteiger partial charge on any atom is 0.186 e. The Bertz CT molecular complexity index is 680. The van der Waals surface area contributed by atoms with Gasteiger partial charge in [-0.15, -0.1) is 0 Å². The van der Waals surface area contributed by atoms with E-state index in [1.54, 1.807) is 38.5 Å². The minimum absolute atomic E-state index is 0.112. The minimum Gasteiger partial charge on any atom is -0.497 e. The molecule has 0 aliphatic rings. The number of methoxy groups -OCH3 is 2. The van der Waals surface area contributed by atoms with E-state index in [2.05, 4.69) is 6.92 Å². The largest absolute Gasteiger partial charge is 0.497 e. The second-order valence-electron chi connectivity index (χ2n) is 5.22. The molecular weight excluding hydrogens is 304 g/mol. The summed E-state index contributed by atoms with van der Waals surface area (Å²) >= 11 is 0. The molecule has 0 unspecified atom stereocenters. The van der Waals surface area contributed by atoms with Gasteiger partial charge in [0.15, 0.2) is 5.78 Å². The van der Waals surface area contributed by atoms with Crippen LogP contribution in [0.4, 0.5) is 0 Å². The van der Waals surface area contributed by atoms with Crippen molar-refractivity contribution < 1.29 is 19.0 Å². The third kappa shape index (κ3) is 4.88. The molecule has 0 amide bonds. The van der Waals surface area contributed by atoms with E-state index in [4.69, 9.17) is 14.2 Å². The van der Waals surface area contributed by atoms with Crippen LogP contribution in [0.2, 0.25) is 0 Å². The minimum atomic E-state index is -0.112. The highest BCUT2D eigenvalue weighted by molar-refractivity contribution is 6.07. The quantitative estimate of drug-likeness (QED) is 0.533. The fourth-order valence-electron chi connectivity index (χ4n) is 2.11. The van der Waals surface area contributed by atoms with E-state index in [1.165, 1.54) is 6.08 Å². The molecule has 0 aliphatic carbocycles. The van der Waals surface area contributed by atoms with Crippen LogP contribution in [0.25, 0.3) is 6.08 Å². The summed E-state index contributed by atoms with van der Waals surface area (Å²) < 4.78 is 15.9. The van der Waals surface area contributed by atoms with Crippen LogP contribution in [0.15, 0.2) is 48.5 Å². The monoisotopic (exact) mass is 326 g/mol. The number of allylic oxidation sites excluding steroid dienone is 1. The molecule has 0 heterocycles. The van der Waals surface area contributed by atoms with Gasteiger partial charge in [0.1, 0.15) is 17.2 Å². The van der Waals surface area contributed by atoms with Gasteiger partial charge in [-0.2, -0.15) is 0 Å². The summed E-state index contributed by atoms with van der Waals surface area (Å²) in [4.78, 5) is 12.3. The van der Waals surface area contributed by atoms with Crippen LogP contribution in [0.5, 0.6) is 17.2 Å². The zero-order valence-corrected chi connectivity index (χ0v) is 14.2. The molecule has 24 heavy (non-hydrogen) atoms. The lowest BCUT2D eigenvalue weighted by Crippen LogP contribution is -1.97. The van der Waals surface area contributed by atoms with Gasteiger partial charge in [-0.1, -0.05) is 25.1 Å². The van der Waals surface area contributed by atoms with Crippen molar-refractivity contribution in [1.82, 2.24) is 0 Å². The lowest BCUT2D eigenvalue weighted by Gasteiger charge is -2.06. The smallest absolute Gasteiger partial charge is 0.186 e. The zero-order chi connectivity index (χ0) is 17.4. The van der Waals surface area contributed by atoms with Gasteiger partial charge in [-0.05, 0) is 42.3 Å². The average Bonchev–Trinajstić information content (AvgIpc) is 2.64. The van der Waals surface area contributed by atoms with Crippen molar-refractivity contribution in [3.8, 4) is 17.2 Å². The summed E-state index contributed by atoms with van der Waals surface area (Å²) in [6.45, 7) is 2.77. The first-order valence-corrected chi connectivity index (χ1v) is 7.84. The molecular formula is C20H22O4. The van der Waals surface area contributed by atoms with Crippen LogP contribution in [0.3, 0.4) is 0 Å². The van der Waals surface area contributed by atoms with Crippen LogP contribution in [-0.4, -0.2) is 26.6 Å². The van der Waals surface area contributed by atoms with Gasteiger partial charge in [-0.3, -0.25) is 4.79 Å². The summed E-state index contributed by atoms with van der Waals surface area (Å²) in [5.41, 5.74) is 1.45. The molecule has 0 N–H and O–H groups in total. The topological polar surface area (TPSA) is 44.8 Å². The standard InChI is InChI=1S/C20H22O4/c1-4-11-24-17-8-5-15(6-9-17)7-10-20(21)16-12-18(22-2)14-19(13-16)23-3/h5-10,12-14H,4,11H2,1-3H3/b10-7+. The summed E-state index contributed by atoms with van der Waals surface area (Å²) in [6.07, 6.45) is 4.29. The highest BCUT2D eigenvalue weighted by Gasteiger charge is 2.07. The number of carbonyl (C=O) groups excluding carboxylic acids is 1. The molecule has 0 atom stereocenters. The van der Waals surface area contributed by atoms with E-state index < -0.39 is 0 Å². The number of benzene rings is 2. The first-order valence-electron chi connectivity index (χ1n) is 7.84. The maximum atomic E-state index is 12.3. The number of ether oxygens (including phenoxy) is 3. The lowest BCUT2D eigenvalue weighted by atomic mass is 10.1. The molecule has 2 aromatic rings. The van der Waals surface area contributed by atoms with Gasteiger partial charge >= 0.3 is 0 Å². The van der Waals surface area contributed by atoms with Gasteiger partial charge in [0, 0.05) is 11.6 Å². The van der Waals surface area contributed by atoms with Gasteiger partial charge in [0.2, 0.25) is 0 Å².